The highest BCUT2D eigenvalue weighted by atomic mass is 32.2. The standard InChI is InChI=1S/C12H14N6O3S/c19-12(17-10-3-4-22(20,21)6-10)16-9-1-2-11(14-5-9)18-8-13-7-15-18/h1-2,5,7-8,10H,3-4,6H2,(H2,16,17,19). The van der Waals surface area contributed by atoms with Crippen LogP contribution in [0.15, 0.2) is 31.0 Å². The average molecular weight is 322 g/mol. The van der Waals surface area contributed by atoms with Gasteiger partial charge in [-0.3, -0.25) is 0 Å². The number of nitrogens with zero attached hydrogens (tertiary/aromatic N) is 4. The van der Waals surface area contributed by atoms with E-state index in [0.717, 1.165) is 0 Å². The third kappa shape index (κ3) is 3.39. The SMILES string of the molecule is O=C(Nc1ccc(-n2cncn2)nc1)NC1CCS(=O)(=O)C1. The number of aromatic nitrogens is 4. The maximum absolute atomic E-state index is 11.8. The minimum Gasteiger partial charge on any atom is -0.334 e. The van der Waals surface area contributed by atoms with Crippen LogP contribution in [0.2, 0.25) is 0 Å². The molecule has 2 N–H and O–H groups in total. The first-order valence-electron chi connectivity index (χ1n) is 6.61. The fourth-order valence-corrected chi connectivity index (χ4v) is 3.86. The number of urea groups is 1. The second-order valence-corrected chi connectivity index (χ2v) is 7.17. The molecule has 0 spiro atoms. The van der Waals surface area contributed by atoms with Crippen molar-refractivity contribution in [1.29, 1.82) is 0 Å². The number of anilines is 1. The molecule has 116 valence electrons. The van der Waals surface area contributed by atoms with Gasteiger partial charge in [0.05, 0.1) is 23.4 Å². The van der Waals surface area contributed by atoms with Gasteiger partial charge < -0.3 is 10.6 Å². The molecule has 0 radical (unpaired) electrons. The molecule has 3 rings (SSSR count). The van der Waals surface area contributed by atoms with E-state index in [9.17, 15) is 13.2 Å². The van der Waals surface area contributed by atoms with E-state index < -0.39 is 15.9 Å². The molecule has 0 aliphatic carbocycles. The Balaban J connectivity index is 1.58. The first-order valence-corrected chi connectivity index (χ1v) is 8.43. The predicted octanol–water partition coefficient (Wildman–Crippen LogP) is -0.0291. The van der Waals surface area contributed by atoms with Crippen molar-refractivity contribution in [3.05, 3.63) is 31.0 Å². The van der Waals surface area contributed by atoms with Gasteiger partial charge in [-0.2, -0.15) is 5.10 Å². The lowest BCUT2D eigenvalue weighted by Crippen LogP contribution is -2.38. The molecular formula is C12H14N6O3S. The number of pyridine rings is 1. The molecule has 3 heterocycles. The summed E-state index contributed by atoms with van der Waals surface area (Å²) in [6, 6.07) is 2.57. The van der Waals surface area contributed by atoms with Gasteiger partial charge in [0, 0.05) is 6.04 Å². The fraction of sp³-hybridized carbons (Fsp3) is 0.333. The van der Waals surface area contributed by atoms with Crippen LogP contribution >= 0.6 is 0 Å². The Morgan fingerprint density at radius 2 is 2.23 bits per heavy atom. The van der Waals surface area contributed by atoms with Crippen LogP contribution in [-0.2, 0) is 9.84 Å². The van der Waals surface area contributed by atoms with Gasteiger partial charge in [-0.25, -0.2) is 27.9 Å². The molecule has 9 nitrogen and oxygen atoms in total. The first kappa shape index (κ1) is 14.4. The fourth-order valence-electron chi connectivity index (χ4n) is 2.18. The minimum atomic E-state index is -3.02. The normalized spacial score (nSPS) is 19.7. The maximum atomic E-state index is 11.8. The van der Waals surface area contributed by atoms with Crippen LogP contribution in [0.4, 0.5) is 10.5 Å². The Hall–Kier alpha value is -2.49. The zero-order valence-corrected chi connectivity index (χ0v) is 12.3. The van der Waals surface area contributed by atoms with Gasteiger partial charge >= 0.3 is 6.03 Å². The van der Waals surface area contributed by atoms with Gasteiger partial charge in [0.1, 0.15) is 12.7 Å². The van der Waals surface area contributed by atoms with Crippen molar-refractivity contribution in [3.63, 3.8) is 0 Å². The highest BCUT2D eigenvalue weighted by Crippen LogP contribution is 2.12. The molecule has 1 saturated heterocycles. The third-order valence-corrected chi connectivity index (χ3v) is 4.99. The number of sulfone groups is 1. The Bertz CT molecular complexity index is 757. The van der Waals surface area contributed by atoms with Gasteiger partial charge in [-0.1, -0.05) is 0 Å². The molecule has 1 unspecified atom stereocenters. The van der Waals surface area contributed by atoms with Crippen molar-refractivity contribution in [1.82, 2.24) is 25.1 Å². The Labute approximate surface area is 126 Å². The number of carbonyl (C=O) groups excluding carboxylic acids is 1. The lowest BCUT2D eigenvalue weighted by atomic mass is 10.3. The quantitative estimate of drug-likeness (QED) is 0.819. The lowest BCUT2D eigenvalue weighted by molar-refractivity contribution is 0.249. The van der Waals surface area contributed by atoms with E-state index in [-0.39, 0.29) is 17.5 Å². The second-order valence-electron chi connectivity index (χ2n) is 4.94. The average Bonchev–Trinajstić information content (AvgIpc) is 3.09. The monoisotopic (exact) mass is 322 g/mol. The van der Waals surface area contributed by atoms with Crippen LogP contribution in [0.3, 0.4) is 0 Å². The summed E-state index contributed by atoms with van der Waals surface area (Å²) in [7, 11) is -3.02. The number of hydrogen-bond acceptors (Lipinski definition) is 6. The molecular weight excluding hydrogens is 308 g/mol. The van der Waals surface area contributed by atoms with E-state index in [1.165, 1.54) is 23.5 Å². The number of carbonyl (C=O) groups is 1. The molecule has 1 aliphatic rings. The number of hydrogen-bond donors (Lipinski definition) is 2. The molecule has 1 aliphatic heterocycles. The number of nitrogens with one attached hydrogen (secondary N) is 2. The molecule has 2 amide bonds. The molecule has 10 heteroatoms. The summed E-state index contributed by atoms with van der Waals surface area (Å²) in [5.41, 5.74) is 0.502. The molecule has 2 aromatic heterocycles. The van der Waals surface area contributed by atoms with Gasteiger partial charge in [0.2, 0.25) is 0 Å². The summed E-state index contributed by atoms with van der Waals surface area (Å²) in [5.74, 6) is 0.682. The van der Waals surface area contributed by atoms with Crippen LogP contribution in [-0.4, -0.2) is 51.7 Å². The van der Waals surface area contributed by atoms with Crippen molar-refractivity contribution in [2.45, 2.75) is 12.5 Å². The van der Waals surface area contributed by atoms with Crippen molar-refractivity contribution in [3.8, 4) is 5.82 Å². The largest absolute Gasteiger partial charge is 0.334 e. The summed E-state index contributed by atoms with van der Waals surface area (Å²) in [6.45, 7) is 0. The summed E-state index contributed by atoms with van der Waals surface area (Å²) < 4.78 is 24.2. The van der Waals surface area contributed by atoms with Crippen LogP contribution in [0, 0.1) is 0 Å². The molecule has 1 fully saturated rings. The summed E-state index contributed by atoms with van der Waals surface area (Å²) in [4.78, 5) is 19.8. The van der Waals surface area contributed by atoms with E-state index in [0.29, 0.717) is 17.9 Å². The summed E-state index contributed by atoms with van der Waals surface area (Å²) in [6.07, 6.45) is 4.85. The van der Waals surface area contributed by atoms with Crippen LogP contribution < -0.4 is 10.6 Å². The van der Waals surface area contributed by atoms with Crippen molar-refractivity contribution < 1.29 is 13.2 Å². The Morgan fingerprint density at radius 1 is 1.36 bits per heavy atom. The smallest absolute Gasteiger partial charge is 0.319 e. The van der Waals surface area contributed by atoms with Gasteiger partial charge in [-0.15, -0.1) is 0 Å². The van der Waals surface area contributed by atoms with E-state index in [4.69, 9.17) is 0 Å². The summed E-state index contributed by atoms with van der Waals surface area (Å²) >= 11 is 0. The van der Waals surface area contributed by atoms with Gasteiger partial charge in [0.15, 0.2) is 15.7 Å². The zero-order valence-electron chi connectivity index (χ0n) is 11.5. The third-order valence-electron chi connectivity index (χ3n) is 3.23. The van der Waals surface area contributed by atoms with E-state index in [1.54, 1.807) is 12.1 Å². The Kier molecular flexibility index (Phi) is 3.75. The molecule has 0 bridgehead atoms. The molecule has 0 aromatic carbocycles. The van der Waals surface area contributed by atoms with Crippen molar-refractivity contribution in [2.75, 3.05) is 16.8 Å². The maximum Gasteiger partial charge on any atom is 0.319 e. The first-order chi connectivity index (χ1) is 10.5. The molecule has 2 aromatic rings. The van der Waals surface area contributed by atoms with Gasteiger partial charge in [-0.05, 0) is 18.6 Å². The van der Waals surface area contributed by atoms with Crippen LogP contribution in [0.1, 0.15) is 6.42 Å². The van der Waals surface area contributed by atoms with Crippen LogP contribution in [0.25, 0.3) is 5.82 Å². The second kappa shape index (κ2) is 5.72. The summed E-state index contributed by atoms with van der Waals surface area (Å²) in [5, 5.41) is 9.20. The molecule has 0 saturated carbocycles. The van der Waals surface area contributed by atoms with E-state index in [1.807, 2.05) is 0 Å². The molecule has 1 atom stereocenters. The van der Waals surface area contributed by atoms with Crippen molar-refractivity contribution >= 4 is 21.6 Å². The highest BCUT2D eigenvalue weighted by Gasteiger charge is 2.28. The van der Waals surface area contributed by atoms with Crippen LogP contribution in [0.5, 0.6) is 0 Å². The zero-order chi connectivity index (χ0) is 15.6. The minimum absolute atomic E-state index is 0.0100. The number of amides is 2. The lowest BCUT2D eigenvalue weighted by Gasteiger charge is -2.12. The van der Waals surface area contributed by atoms with E-state index >= 15 is 0 Å². The van der Waals surface area contributed by atoms with Crippen molar-refractivity contribution in [2.24, 2.45) is 0 Å². The predicted molar refractivity (Wildman–Crippen MR) is 78.4 cm³/mol. The van der Waals surface area contributed by atoms with Gasteiger partial charge in [0.25, 0.3) is 0 Å². The number of rotatable bonds is 3. The highest BCUT2D eigenvalue weighted by molar-refractivity contribution is 7.91. The van der Waals surface area contributed by atoms with E-state index in [2.05, 4.69) is 25.7 Å². The Morgan fingerprint density at radius 3 is 2.82 bits per heavy atom. The topological polar surface area (TPSA) is 119 Å². The molecule has 22 heavy (non-hydrogen) atoms.